The fourth-order valence-corrected chi connectivity index (χ4v) is 5.45. The van der Waals surface area contributed by atoms with Gasteiger partial charge in [-0.1, -0.05) is 36.4 Å². The molecule has 1 aliphatic carbocycles. The molecule has 2 N–H and O–H groups in total. The molecule has 0 aliphatic heterocycles. The minimum absolute atomic E-state index is 0.0376. The molecule has 2 atom stereocenters. The van der Waals surface area contributed by atoms with Crippen LogP contribution in [-0.2, 0) is 12.6 Å². The van der Waals surface area contributed by atoms with Gasteiger partial charge in [-0.05, 0) is 65.5 Å². The highest BCUT2D eigenvalue weighted by Gasteiger charge is 2.43. The van der Waals surface area contributed by atoms with Crippen molar-refractivity contribution in [2.75, 3.05) is 0 Å². The number of benzene rings is 2. The van der Waals surface area contributed by atoms with E-state index in [4.69, 9.17) is 5.73 Å². The van der Waals surface area contributed by atoms with E-state index in [1.54, 1.807) is 6.07 Å². The summed E-state index contributed by atoms with van der Waals surface area (Å²) in [6, 6.07) is 17.6. The third-order valence-corrected chi connectivity index (χ3v) is 7.10. The Morgan fingerprint density at radius 3 is 2.61 bits per heavy atom. The van der Waals surface area contributed by atoms with E-state index in [1.807, 2.05) is 47.2 Å². The van der Waals surface area contributed by atoms with E-state index in [9.17, 15) is 18.0 Å². The normalized spacial score (nSPS) is 18.4. The molecule has 1 fully saturated rings. The molecule has 7 heteroatoms. The van der Waals surface area contributed by atoms with Gasteiger partial charge in [0.2, 0.25) is 0 Å². The van der Waals surface area contributed by atoms with Crippen molar-refractivity contribution < 1.29 is 18.0 Å². The number of carbonyl (C=O) groups is 1. The van der Waals surface area contributed by atoms with Crippen LogP contribution in [-0.4, -0.2) is 10.5 Å². The van der Waals surface area contributed by atoms with Crippen LogP contribution in [0.5, 0.6) is 0 Å². The number of nitrogens with two attached hydrogens (primary N) is 1. The first kappa shape index (κ1) is 19.9. The molecule has 2 heterocycles. The number of hydrogen-bond acceptors (Lipinski definition) is 2. The van der Waals surface area contributed by atoms with Gasteiger partial charge in [0.05, 0.1) is 16.0 Å². The summed E-state index contributed by atoms with van der Waals surface area (Å²) in [7, 11) is 0. The number of fused-ring (bicyclic) bond motifs is 1. The van der Waals surface area contributed by atoms with Gasteiger partial charge in [0.1, 0.15) is 5.00 Å². The lowest BCUT2D eigenvalue weighted by molar-refractivity contribution is -0.138. The maximum absolute atomic E-state index is 13.3. The molecule has 0 radical (unpaired) electrons. The third kappa shape index (κ3) is 3.63. The van der Waals surface area contributed by atoms with Crippen molar-refractivity contribution in [1.29, 1.82) is 0 Å². The second-order valence-electron chi connectivity index (χ2n) is 7.94. The van der Waals surface area contributed by atoms with E-state index in [0.717, 1.165) is 34.0 Å². The molecule has 4 aromatic rings. The minimum Gasteiger partial charge on any atom is -0.365 e. The lowest BCUT2D eigenvalue weighted by Crippen LogP contribution is -2.11. The van der Waals surface area contributed by atoms with Gasteiger partial charge in [0, 0.05) is 6.20 Å². The van der Waals surface area contributed by atoms with Crippen LogP contribution >= 0.6 is 11.3 Å². The maximum atomic E-state index is 13.3. The number of halogens is 3. The van der Waals surface area contributed by atoms with Gasteiger partial charge in [-0.25, -0.2) is 0 Å². The molecular formula is C24H19F3N2OS. The number of aromatic nitrogens is 1. The van der Waals surface area contributed by atoms with Crippen molar-refractivity contribution in [2.24, 2.45) is 11.7 Å². The van der Waals surface area contributed by atoms with E-state index in [-0.39, 0.29) is 11.8 Å². The van der Waals surface area contributed by atoms with E-state index in [2.05, 4.69) is 0 Å². The van der Waals surface area contributed by atoms with Crippen LogP contribution in [0.25, 0.3) is 15.9 Å². The lowest BCUT2D eigenvalue weighted by atomic mass is 9.99. The third-order valence-electron chi connectivity index (χ3n) is 5.94. The van der Waals surface area contributed by atoms with Crippen molar-refractivity contribution in [3.8, 4) is 5.00 Å². The van der Waals surface area contributed by atoms with Crippen molar-refractivity contribution >= 4 is 28.1 Å². The molecule has 5 rings (SSSR count). The van der Waals surface area contributed by atoms with Gasteiger partial charge in [-0.3, -0.25) is 4.79 Å². The first-order valence-corrected chi connectivity index (χ1v) is 10.8. The number of nitrogens with zero attached hydrogens (tertiary/aromatic N) is 1. The van der Waals surface area contributed by atoms with Crippen molar-refractivity contribution in [1.82, 2.24) is 4.57 Å². The number of hydrogen-bond donors (Lipinski definition) is 1. The summed E-state index contributed by atoms with van der Waals surface area (Å²) >= 11 is 1.33. The average molecular weight is 440 g/mol. The van der Waals surface area contributed by atoms with Gasteiger partial charge in [-0.15, -0.1) is 11.3 Å². The number of carbonyl (C=O) groups excluding carboxylic acids is 1. The Morgan fingerprint density at radius 2 is 1.84 bits per heavy atom. The van der Waals surface area contributed by atoms with Gasteiger partial charge >= 0.3 is 6.18 Å². The number of para-hydroxylation sites is 1. The molecule has 0 saturated heterocycles. The van der Waals surface area contributed by atoms with Crippen LogP contribution in [0.15, 0.2) is 66.9 Å². The summed E-state index contributed by atoms with van der Waals surface area (Å²) in [5.74, 6) is -0.398. The van der Waals surface area contributed by atoms with Gasteiger partial charge in [0.25, 0.3) is 5.91 Å². The van der Waals surface area contributed by atoms with Crippen LogP contribution in [0.2, 0.25) is 0 Å². The zero-order valence-corrected chi connectivity index (χ0v) is 17.2. The van der Waals surface area contributed by atoms with Gasteiger partial charge in [-0.2, -0.15) is 13.2 Å². The van der Waals surface area contributed by atoms with Crippen LogP contribution < -0.4 is 5.73 Å². The first-order valence-electron chi connectivity index (χ1n) is 9.98. The highest BCUT2D eigenvalue weighted by molar-refractivity contribution is 7.16. The van der Waals surface area contributed by atoms with Gasteiger partial charge in [0.15, 0.2) is 0 Å². The highest BCUT2D eigenvalue weighted by atomic mass is 32.1. The Labute approximate surface area is 180 Å². The lowest BCUT2D eigenvalue weighted by Gasteiger charge is -2.12. The number of alkyl halides is 3. The van der Waals surface area contributed by atoms with Gasteiger partial charge < -0.3 is 10.3 Å². The van der Waals surface area contributed by atoms with Crippen molar-refractivity contribution in [3.63, 3.8) is 0 Å². The predicted octanol–water partition coefficient (Wildman–Crippen LogP) is 6.16. The summed E-state index contributed by atoms with van der Waals surface area (Å²) in [6.45, 7) is 0. The zero-order chi connectivity index (χ0) is 21.8. The number of primary amides is 1. The van der Waals surface area contributed by atoms with E-state index in [1.165, 1.54) is 23.5 Å². The maximum Gasteiger partial charge on any atom is 0.416 e. The molecule has 0 spiro atoms. The average Bonchev–Trinajstić information content (AvgIpc) is 3.15. The second kappa shape index (κ2) is 7.27. The number of rotatable bonds is 5. The standard InChI is InChI=1S/C24H19F3N2OS/c25-24(26,27)19-7-3-1-6-15(19)11-16-12-17(16)18-13-21(31-22(18)23(28)30)29-10-9-14-5-2-4-8-20(14)29/h1-10,13,16-17H,11-12H2,(H2,28,30). The van der Waals surface area contributed by atoms with Crippen LogP contribution in [0.1, 0.15) is 38.7 Å². The fourth-order valence-electron chi connectivity index (χ4n) is 4.36. The Hall–Kier alpha value is -3.06. The largest absolute Gasteiger partial charge is 0.416 e. The van der Waals surface area contributed by atoms with Crippen LogP contribution in [0.3, 0.4) is 0 Å². The molecule has 2 aromatic carbocycles. The van der Waals surface area contributed by atoms with Crippen LogP contribution in [0.4, 0.5) is 13.2 Å². The minimum atomic E-state index is -4.37. The zero-order valence-electron chi connectivity index (χ0n) is 16.4. The Bertz CT molecular complexity index is 1290. The van der Waals surface area contributed by atoms with Crippen molar-refractivity contribution in [3.05, 3.63) is 88.4 Å². The van der Waals surface area contributed by atoms with E-state index >= 15 is 0 Å². The van der Waals surface area contributed by atoms with E-state index < -0.39 is 17.6 Å². The summed E-state index contributed by atoms with van der Waals surface area (Å²) in [4.78, 5) is 12.6. The van der Waals surface area contributed by atoms with E-state index in [0.29, 0.717) is 16.9 Å². The molecule has 158 valence electrons. The smallest absolute Gasteiger partial charge is 0.365 e. The highest BCUT2D eigenvalue weighted by Crippen LogP contribution is 2.53. The molecule has 1 saturated carbocycles. The quantitative estimate of drug-likeness (QED) is 0.397. The summed E-state index contributed by atoms with van der Waals surface area (Å²) in [5, 5.41) is 1.97. The summed E-state index contributed by atoms with van der Waals surface area (Å²) < 4.78 is 42.0. The molecule has 0 bridgehead atoms. The SMILES string of the molecule is NC(=O)c1sc(-n2ccc3ccccc32)cc1C1CC1Cc1ccccc1C(F)(F)F. The fraction of sp³-hybridized carbons (Fsp3) is 0.208. The second-order valence-corrected chi connectivity index (χ2v) is 8.97. The molecule has 1 aliphatic rings. The molecule has 2 aromatic heterocycles. The molecule has 3 nitrogen and oxygen atoms in total. The topological polar surface area (TPSA) is 48.0 Å². The first-order chi connectivity index (χ1) is 14.8. The predicted molar refractivity (Wildman–Crippen MR) is 116 cm³/mol. The summed E-state index contributed by atoms with van der Waals surface area (Å²) in [5.41, 5.74) is 7.24. The molecule has 31 heavy (non-hydrogen) atoms. The number of amides is 1. The number of thiophene rings is 1. The molecule has 1 amide bonds. The Morgan fingerprint density at radius 1 is 1.10 bits per heavy atom. The summed E-state index contributed by atoms with van der Waals surface area (Å²) in [6.07, 6.45) is -1.34. The Balaban J connectivity index is 1.45. The molecular weight excluding hydrogens is 421 g/mol. The monoisotopic (exact) mass is 440 g/mol. The van der Waals surface area contributed by atoms with Crippen LogP contribution in [0, 0.1) is 5.92 Å². The molecule has 2 unspecified atom stereocenters. The Kier molecular flexibility index (Phi) is 4.66. The van der Waals surface area contributed by atoms with Crippen molar-refractivity contribution in [2.45, 2.75) is 24.9 Å².